The molecular weight excluding hydrogens is 302 g/mol. The van der Waals surface area contributed by atoms with Crippen molar-refractivity contribution in [2.45, 2.75) is 18.4 Å². The lowest BCUT2D eigenvalue weighted by molar-refractivity contribution is -0.146. The van der Waals surface area contributed by atoms with E-state index in [0.717, 1.165) is 17.5 Å². The molecule has 1 N–H and O–H groups in total. The average Bonchev–Trinajstić information content (AvgIpc) is 3.05. The number of rotatable bonds is 4. The van der Waals surface area contributed by atoms with Gasteiger partial charge in [0.25, 0.3) is 10.0 Å². The zero-order valence-electron chi connectivity index (χ0n) is 11.5. The first-order valence-electron chi connectivity index (χ1n) is 6.12. The van der Waals surface area contributed by atoms with Crippen LogP contribution in [0.4, 0.5) is 0 Å². The summed E-state index contributed by atoms with van der Waals surface area (Å²) in [6.45, 7) is 1.44. The molecule has 9 heteroatoms. The Morgan fingerprint density at radius 2 is 2.10 bits per heavy atom. The molecule has 1 aromatic heterocycles. The minimum Gasteiger partial charge on any atom is -0.481 e. The summed E-state index contributed by atoms with van der Waals surface area (Å²) in [5, 5.41) is 8.72. The van der Waals surface area contributed by atoms with Crippen LogP contribution in [0, 0.1) is 5.41 Å². The largest absolute Gasteiger partial charge is 0.481 e. The Bertz CT molecular complexity index is 678. The Hall–Kier alpha value is -1.87. The third-order valence-electron chi connectivity index (χ3n) is 3.52. The van der Waals surface area contributed by atoms with Crippen LogP contribution in [0.5, 0.6) is 0 Å². The highest BCUT2D eigenvalue weighted by Crippen LogP contribution is 2.34. The van der Waals surface area contributed by atoms with Crippen LogP contribution in [0.25, 0.3) is 0 Å². The first-order valence-corrected chi connectivity index (χ1v) is 7.56. The number of sulfonamides is 1. The lowest BCUT2D eigenvalue weighted by Gasteiger charge is -2.18. The lowest BCUT2D eigenvalue weighted by atomic mass is 9.90. The standard InChI is InChI=1S/C12H15NO7S/c1-12(11(15)16)5-6-13(7-12)21(17,18)9-4-3-8(20-9)10(14)19-2/h3-4H,5-7H2,1-2H3,(H,15,16). The molecule has 0 radical (unpaired) electrons. The Morgan fingerprint density at radius 1 is 1.43 bits per heavy atom. The van der Waals surface area contributed by atoms with Gasteiger partial charge >= 0.3 is 11.9 Å². The number of carboxylic acid groups (broad SMARTS) is 1. The minimum atomic E-state index is -3.97. The van der Waals surface area contributed by atoms with Crippen LogP contribution in [0.2, 0.25) is 0 Å². The van der Waals surface area contributed by atoms with Crippen molar-refractivity contribution in [3.8, 4) is 0 Å². The molecule has 21 heavy (non-hydrogen) atoms. The lowest BCUT2D eigenvalue weighted by Crippen LogP contribution is -2.34. The highest BCUT2D eigenvalue weighted by molar-refractivity contribution is 7.89. The SMILES string of the molecule is COC(=O)c1ccc(S(=O)(=O)N2CCC(C)(C(=O)O)C2)o1. The highest BCUT2D eigenvalue weighted by atomic mass is 32.2. The van der Waals surface area contributed by atoms with Crippen LogP contribution in [0.1, 0.15) is 23.9 Å². The number of nitrogens with zero attached hydrogens (tertiary/aromatic N) is 1. The maximum Gasteiger partial charge on any atom is 0.374 e. The van der Waals surface area contributed by atoms with E-state index >= 15 is 0 Å². The average molecular weight is 317 g/mol. The van der Waals surface area contributed by atoms with Crippen LogP contribution in [-0.4, -0.2) is 50.0 Å². The van der Waals surface area contributed by atoms with Gasteiger partial charge in [-0.25, -0.2) is 13.2 Å². The monoisotopic (exact) mass is 317 g/mol. The first kappa shape index (κ1) is 15.5. The number of carbonyl (C=O) groups excluding carboxylic acids is 1. The summed E-state index contributed by atoms with van der Waals surface area (Å²) in [4.78, 5) is 22.4. The summed E-state index contributed by atoms with van der Waals surface area (Å²) in [5.41, 5.74) is -1.12. The van der Waals surface area contributed by atoms with Gasteiger partial charge in [-0.1, -0.05) is 0 Å². The van der Waals surface area contributed by atoms with Gasteiger partial charge in [0.05, 0.1) is 12.5 Å². The van der Waals surface area contributed by atoms with Gasteiger partial charge in [-0.2, -0.15) is 4.31 Å². The molecule has 2 rings (SSSR count). The van der Waals surface area contributed by atoms with Crippen molar-refractivity contribution in [1.82, 2.24) is 4.31 Å². The van der Waals surface area contributed by atoms with Gasteiger partial charge in [-0.05, 0) is 25.5 Å². The normalized spacial score (nSPS) is 23.1. The van der Waals surface area contributed by atoms with Gasteiger partial charge in [-0.3, -0.25) is 4.79 Å². The minimum absolute atomic E-state index is 0.0827. The Kier molecular flexibility index (Phi) is 3.81. The molecule has 1 fully saturated rings. The number of esters is 1. The van der Waals surface area contributed by atoms with E-state index in [1.54, 1.807) is 0 Å². The van der Waals surface area contributed by atoms with Gasteiger partial charge in [-0.15, -0.1) is 0 Å². The van der Waals surface area contributed by atoms with E-state index in [4.69, 9.17) is 9.52 Å². The quantitative estimate of drug-likeness (QED) is 0.806. The van der Waals surface area contributed by atoms with Gasteiger partial charge in [0.15, 0.2) is 0 Å². The number of aliphatic carboxylic acids is 1. The van der Waals surface area contributed by atoms with Crippen molar-refractivity contribution < 1.29 is 32.3 Å². The van der Waals surface area contributed by atoms with Crippen molar-refractivity contribution in [3.63, 3.8) is 0 Å². The van der Waals surface area contributed by atoms with E-state index in [0.29, 0.717) is 0 Å². The topological polar surface area (TPSA) is 114 Å². The van der Waals surface area contributed by atoms with E-state index in [2.05, 4.69) is 4.74 Å². The molecular formula is C12H15NO7S. The van der Waals surface area contributed by atoms with Crippen molar-refractivity contribution in [2.24, 2.45) is 5.41 Å². The molecule has 0 aliphatic carbocycles. The zero-order chi connectivity index (χ0) is 15.8. The molecule has 0 aromatic carbocycles. The van der Waals surface area contributed by atoms with E-state index in [9.17, 15) is 18.0 Å². The fourth-order valence-electron chi connectivity index (χ4n) is 2.09. The van der Waals surface area contributed by atoms with E-state index in [-0.39, 0.29) is 25.3 Å². The Morgan fingerprint density at radius 3 is 2.62 bits per heavy atom. The molecule has 0 bridgehead atoms. The van der Waals surface area contributed by atoms with E-state index in [1.807, 2.05) is 0 Å². The van der Waals surface area contributed by atoms with Crippen molar-refractivity contribution in [2.75, 3.05) is 20.2 Å². The molecule has 1 atom stereocenters. The van der Waals surface area contributed by atoms with Crippen LogP contribution >= 0.6 is 0 Å². The van der Waals surface area contributed by atoms with Crippen LogP contribution in [0.3, 0.4) is 0 Å². The number of carbonyl (C=O) groups is 2. The van der Waals surface area contributed by atoms with Crippen molar-refractivity contribution in [3.05, 3.63) is 17.9 Å². The third-order valence-corrected chi connectivity index (χ3v) is 5.24. The number of ether oxygens (including phenoxy) is 1. The van der Waals surface area contributed by atoms with Gasteiger partial charge < -0.3 is 14.3 Å². The smallest absolute Gasteiger partial charge is 0.374 e. The molecule has 0 spiro atoms. The summed E-state index contributed by atoms with van der Waals surface area (Å²) in [6, 6.07) is 2.35. The number of methoxy groups -OCH3 is 1. The summed E-state index contributed by atoms with van der Waals surface area (Å²) < 4.78 is 35.2. The number of hydrogen-bond donors (Lipinski definition) is 1. The maximum absolute atomic E-state index is 12.4. The Labute approximate surface area is 121 Å². The number of furan rings is 1. The fourth-order valence-corrected chi connectivity index (χ4v) is 3.57. The maximum atomic E-state index is 12.4. The molecule has 1 aliphatic rings. The Balaban J connectivity index is 2.26. The molecule has 1 aromatic rings. The van der Waals surface area contributed by atoms with Gasteiger partial charge in [0.1, 0.15) is 0 Å². The van der Waals surface area contributed by atoms with E-state index < -0.39 is 32.5 Å². The third kappa shape index (κ3) is 2.66. The second kappa shape index (κ2) is 5.15. The number of carboxylic acids is 1. The molecule has 1 saturated heterocycles. The van der Waals surface area contributed by atoms with Gasteiger partial charge in [0.2, 0.25) is 10.9 Å². The predicted molar refractivity (Wildman–Crippen MR) is 69.2 cm³/mol. The molecule has 0 amide bonds. The molecule has 8 nitrogen and oxygen atoms in total. The molecule has 1 unspecified atom stereocenters. The molecule has 0 saturated carbocycles. The highest BCUT2D eigenvalue weighted by Gasteiger charge is 2.45. The zero-order valence-corrected chi connectivity index (χ0v) is 12.3. The van der Waals surface area contributed by atoms with Crippen LogP contribution in [0.15, 0.2) is 21.6 Å². The second-order valence-electron chi connectivity index (χ2n) is 5.06. The van der Waals surface area contributed by atoms with Crippen LogP contribution in [-0.2, 0) is 19.6 Å². The summed E-state index contributed by atoms with van der Waals surface area (Å²) in [7, 11) is -2.82. The summed E-state index contributed by atoms with van der Waals surface area (Å²) in [5.74, 6) is -2.06. The molecule has 1 aliphatic heterocycles. The van der Waals surface area contributed by atoms with Crippen molar-refractivity contribution >= 4 is 22.0 Å². The summed E-state index contributed by atoms with van der Waals surface area (Å²) >= 11 is 0. The van der Waals surface area contributed by atoms with Gasteiger partial charge in [0, 0.05) is 13.1 Å². The van der Waals surface area contributed by atoms with E-state index in [1.165, 1.54) is 13.0 Å². The van der Waals surface area contributed by atoms with Crippen molar-refractivity contribution in [1.29, 1.82) is 0 Å². The summed E-state index contributed by atoms with van der Waals surface area (Å²) in [6.07, 6.45) is 0.214. The number of hydrogen-bond acceptors (Lipinski definition) is 6. The predicted octanol–water partition coefficient (Wildman–Crippen LogP) is 0.552. The fraction of sp³-hybridized carbons (Fsp3) is 0.500. The van der Waals surface area contributed by atoms with Crippen LogP contribution < -0.4 is 0 Å². The molecule has 2 heterocycles. The first-order chi connectivity index (χ1) is 9.70. The molecule has 116 valence electrons. The second-order valence-corrected chi connectivity index (χ2v) is 6.93.